The Kier molecular flexibility index (Phi) is 4.63. The first-order valence-corrected chi connectivity index (χ1v) is 5.20. The fraction of sp³-hybridized carbons (Fsp3) is 0.500. The molecule has 2 unspecified atom stereocenters. The van der Waals surface area contributed by atoms with Crippen molar-refractivity contribution in [1.29, 1.82) is 0 Å². The van der Waals surface area contributed by atoms with E-state index in [-0.39, 0.29) is 6.10 Å². The van der Waals surface area contributed by atoms with E-state index < -0.39 is 0 Å². The lowest BCUT2D eigenvalue weighted by Gasteiger charge is -2.18. The number of nitrogens with one attached hydrogen (secondary N) is 1. The summed E-state index contributed by atoms with van der Waals surface area (Å²) < 4.78 is 0. The molecule has 2 nitrogen and oxygen atoms in total. The predicted molar refractivity (Wildman–Crippen MR) is 59.2 cm³/mol. The second kappa shape index (κ2) is 5.78. The van der Waals surface area contributed by atoms with Crippen LogP contribution in [-0.4, -0.2) is 17.8 Å². The van der Waals surface area contributed by atoms with Gasteiger partial charge in [0.15, 0.2) is 0 Å². The standard InChI is InChI=1S/C12H19NO/c1-3-12(13-9-10(2)14)11-7-5-4-6-8-11/h4-8,10,12-14H,3,9H2,1-2H3. The molecule has 1 aromatic carbocycles. The van der Waals surface area contributed by atoms with Crippen LogP contribution < -0.4 is 5.32 Å². The van der Waals surface area contributed by atoms with Crippen molar-refractivity contribution in [2.75, 3.05) is 6.54 Å². The van der Waals surface area contributed by atoms with Crippen LogP contribution in [-0.2, 0) is 0 Å². The molecule has 2 heteroatoms. The zero-order valence-corrected chi connectivity index (χ0v) is 8.90. The van der Waals surface area contributed by atoms with Crippen molar-refractivity contribution in [3.63, 3.8) is 0 Å². The molecule has 78 valence electrons. The van der Waals surface area contributed by atoms with E-state index in [1.54, 1.807) is 6.92 Å². The number of hydrogen-bond acceptors (Lipinski definition) is 2. The first-order chi connectivity index (χ1) is 6.74. The number of hydrogen-bond donors (Lipinski definition) is 2. The lowest BCUT2D eigenvalue weighted by atomic mass is 10.0. The first kappa shape index (κ1) is 11.2. The van der Waals surface area contributed by atoms with Gasteiger partial charge in [0.25, 0.3) is 0 Å². The van der Waals surface area contributed by atoms with Crippen molar-refractivity contribution in [2.45, 2.75) is 32.4 Å². The van der Waals surface area contributed by atoms with Gasteiger partial charge in [-0.3, -0.25) is 0 Å². The third-order valence-electron chi connectivity index (χ3n) is 2.27. The van der Waals surface area contributed by atoms with Gasteiger partial charge in [0.05, 0.1) is 6.10 Å². The second-order valence-corrected chi connectivity index (χ2v) is 3.63. The van der Waals surface area contributed by atoms with Crippen LogP contribution in [0.1, 0.15) is 31.9 Å². The van der Waals surface area contributed by atoms with Gasteiger partial charge < -0.3 is 10.4 Å². The normalized spacial score (nSPS) is 15.1. The maximum Gasteiger partial charge on any atom is 0.0636 e. The van der Waals surface area contributed by atoms with Crippen molar-refractivity contribution in [3.05, 3.63) is 35.9 Å². The third-order valence-corrected chi connectivity index (χ3v) is 2.27. The van der Waals surface area contributed by atoms with Gasteiger partial charge in [-0.1, -0.05) is 37.3 Å². The Balaban J connectivity index is 2.54. The molecule has 1 aromatic rings. The Hall–Kier alpha value is -0.860. The van der Waals surface area contributed by atoms with Gasteiger partial charge in [-0.2, -0.15) is 0 Å². The van der Waals surface area contributed by atoms with Gasteiger partial charge in [-0.15, -0.1) is 0 Å². The average Bonchev–Trinajstić information content (AvgIpc) is 2.20. The van der Waals surface area contributed by atoms with Crippen LogP contribution >= 0.6 is 0 Å². The van der Waals surface area contributed by atoms with Gasteiger partial charge in [0.2, 0.25) is 0 Å². The molecule has 0 saturated heterocycles. The third kappa shape index (κ3) is 3.48. The summed E-state index contributed by atoms with van der Waals surface area (Å²) in [6, 6.07) is 10.7. The number of rotatable bonds is 5. The molecule has 0 aliphatic heterocycles. The van der Waals surface area contributed by atoms with Crippen LogP contribution in [0.2, 0.25) is 0 Å². The molecule has 0 spiro atoms. The predicted octanol–water partition coefficient (Wildman–Crippen LogP) is 2.11. The topological polar surface area (TPSA) is 32.3 Å². The fourth-order valence-corrected chi connectivity index (χ4v) is 1.50. The van der Waals surface area contributed by atoms with Gasteiger partial charge in [0.1, 0.15) is 0 Å². The van der Waals surface area contributed by atoms with Crippen LogP contribution in [0.15, 0.2) is 30.3 Å². The van der Waals surface area contributed by atoms with E-state index in [2.05, 4.69) is 24.4 Å². The number of aliphatic hydroxyl groups is 1. The highest BCUT2D eigenvalue weighted by Gasteiger charge is 2.08. The van der Waals surface area contributed by atoms with Crippen molar-refractivity contribution >= 4 is 0 Å². The van der Waals surface area contributed by atoms with E-state index >= 15 is 0 Å². The molecule has 0 saturated carbocycles. The molecule has 14 heavy (non-hydrogen) atoms. The van der Waals surface area contributed by atoms with E-state index in [0.717, 1.165) is 6.42 Å². The summed E-state index contributed by atoms with van der Waals surface area (Å²) in [5.41, 5.74) is 1.29. The number of benzene rings is 1. The molecule has 0 heterocycles. The summed E-state index contributed by atoms with van der Waals surface area (Å²) in [6.45, 7) is 4.59. The molecule has 1 rings (SSSR count). The van der Waals surface area contributed by atoms with Gasteiger partial charge >= 0.3 is 0 Å². The summed E-state index contributed by atoms with van der Waals surface area (Å²) in [7, 11) is 0. The lowest BCUT2D eigenvalue weighted by Crippen LogP contribution is -2.28. The minimum Gasteiger partial charge on any atom is -0.392 e. The maximum atomic E-state index is 9.18. The monoisotopic (exact) mass is 193 g/mol. The Morgan fingerprint density at radius 2 is 1.93 bits per heavy atom. The number of aliphatic hydroxyl groups excluding tert-OH is 1. The van der Waals surface area contributed by atoms with E-state index in [1.165, 1.54) is 5.56 Å². The van der Waals surface area contributed by atoms with E-state index in [4.69, 9.17) is 0 Å². The van der Waals surface area contributed by atoms with Crippen molar-refractivity contribution in [3.8, 4) is 0 Å². The fourth-order valence-electron chi connectivity index (χ4n) is 1.50. The molecule has 0 radical (unpaired) electrons. The van der Waals surface area contributed by atoms with Crippen LogP contribution in [0, 0.1) is 0 Å². The van der Waals surface area contributed by atoms with Crippen LogP contribution in [0.25, 0.3) is 0 Å². The highest BCUT2D eigenvalue weighted by atomic mass is 16.3. The highest BCUT2D eigenvalue weighted by molar-refractivity contribution is 5.18. The minimum absolute atomic E-state index is 0.284. The Morgan fingerprint density at radius 1 is 1.29 bits per heavy atom. The second-order valence-electron chi connectivity index (χ2n) is 3.63. The van der Waals surface area contributed by atoms with Crippen LogP contribution in [0.3, 0.4) is 0 Å². The average molecular weight is 193 g/mol. The lowest BCUT2D eigenvalue weighted by molar-refractivity contribution is 0.185. The summed E-state index contributed by atoms with van der Waals surface area (Å²) in [4.78, 5) is 0. The highest BCUT2D eigenvalue weighted by Crippen LogP contribution is 2.15. The molecule has 0 fully saturated rings. The van der Waals surface area contributed by atoms with Gasteiger partial charge in [-0.25, -0.2) is 0 Å². The molecule has 0 aliphatic carbocycles. The summed E-state index contributed by atoms with van der Waals surface area (Å²) in [6.07, 6.45) is 0.754. The minimum atomic E-state index is -0.284. The first-order valence-electron chi connectivity index (χ1n) is 5.20. The maximum absolute atomic E-state index is 9.18. The molecule has 0 bridgehead atoms. The van der Waals surface area contributed by atoms with Crippen molar-refractivity contribution in [1.82, 2.24) is 5.32 Å². The molecule has 0 aromatic heterocycles. The van der Waals surface area contributed by atoms with E-state index in [0.29, 0.717) is 12.6 Å². The van der Waals surface area contributed by atoms with Crippen LogP contribution in [0.4, 0.5) is 0 Å². The van der Waals surface area contributed by atoms with Crippen molar-refractivity contribution in [2.24, 2.45) is 0 Å². The van der Waals surface area contributed by atoms with Gasteiger partial charge in [-0.05, 0) is 18.9 Å². The molecule has 2 N–H and O–H groups in total. The Morgan fingerprint density at radius 3 is 2.43 bits per heavy atom. The van der Waals surface area contributed by atoms with Crippen molar-refractivity contribution < 1.29 is 5.11 Å². The quantitative estimate of drug-likeness (QED) is 0.750. The van der Waals surface area contributed by atoms with Gasteiger partial charge in [0, 0.05) is 12.6 Å². The smallest absolute Gasteiger partial charge is 0.0636 e. The summed E-state index contributed by atoms with van der Waals surface area (Å²) in [5.74, 6) is 0. The summed E-state index contributed by atoms with van der Waals surface area (Å²) >= 11 is 0. The molecule has 2 atom stereocenters. The van der Waals surface area contributed by atoms with E-state index in [9.17, 15) is 5.11 Å². The zero-order chi connectivity index (χ0) is 10.4. The summed E-state index contributed by atoms with van der Waals surface area (Å²) in [5, 5.41) is 12.5. The largest absolute Gasteiger partial charge is 0.392 e. The Labute approximate surface area is 86.0 Å². The molecular weight excluding hydrogens is 174 g/mol. The zero-order valence-electron chi connectivity index (χ0n) is 8.90. The molecule has 0 aliphatic rings. The van der Waals surface area contributed by atoms with E-state index in [1.807, 2.05) is 18.2 Å². The molecule has 0 amide bonds. The van der Waals surface area contributed by atoms with Crippen LogP contribution in [0.5, 0.6) is 0 Å². The SMILES string of the molecule is CCC(NCC(C)O)c1ccccc1. The Bertz CT molecular complexity index is 246. The molecular formula is C12H19NO.